The van der Waals surface area contributed by atoms with Crippen LogP contribution in [0.15, 0.2) is 54.6 Å². The zero-order valence-electron chi connectivity index (χ0n) is 21.8. The molecule has 2 atom stereocenters. The van der Waals surface area contributed by atoms with Crippen molar-refractivity contribution in [2.24, 2.45) is 0 Å². The van der Waals surface area contributed by atoms with Gasteiger partial charge in [0.1, 0.15) is 17.7 Å². The van der Waals surface area contributed by atoms with E-state index in [1.54, 1.807) is 63.2 Å². The first-order chi connectivity index (χ1) is 18.6. The van der Waals surface area contributed by atoms with E-state index in [1.165, 1.54) is 4.90 Å². The second-order valence-electron chi connectivity index (χ2n) is 9.87. The zero-order chi connectivity index (χ0) is 28.0. The fraction of sp³-hybridized carbons (Fsp3) is 0.346. The van der Waals surface area contributed by atoms with Crippen LogP contribution >= 0.6 is 0 Å². The Balaban J connectivity index is 1.46. The normalized spacial score (nSPS) is 15.2. The molecule has 13 heteroatoms. The molecule has 0 spiro atoms. The molecule has 3 aromatic rings. The number of rotatable bonds is 8. The number of alkyl carbamates (subject to hydrolysis) is 1. The summed E-state index contributed by atoms with van der Waals surface area (Å²) >= 11 is 0. The van der Waals surface area contributed by atoms with E-state index >= 15 is 0 Å². The van der Waals surface area contributed by atoms with E-state index in [2.05, 4.69) is 36.6 Å². The number of H-pyrrole nitrogens is 1. The molecule has 4 rings (SSSR count). The maximum absolute atomic E-state index is 13.4. The molecule has 4 N–H and O–H groups in total. The van der Waals surface area contributed by atoms with Crippen LogP contribution in [0, 0.1) is 0 Å². The third kappa shape index (κ3) is 6.94. The number of tetrazole rings is 1. The number of hydrogen-bond donors (Lipinski definition) is 4. The van der Waals surface area contributed by atoms with Gasteiger partial charge in [0, 0.05) is 12.1 Å². The van der Waals surface area contributed by atoms with Gasteiger partial charge in [-0.1, -0.05) is 53.7 Å². The van der Waals surface area contributed by atoms with E-state index in [4.69, 9.17) is 4.74 Å². The van der Waals surface area contributed by atoms with Crippen LogP contribution < -0.4 is 20.9 Å². The Kier molecular flexibility index (Phi) is 8.18. The maximum atomic E-state index is 13.4. The summed E-state index contributed by atoms with van der Waals surface area (Å²) in [6.45, 7) is 4.78. The van der Waals surface area contributed by atoms with Crippen molar-refractivity contribution in [3.63, 3.8) is 0 Å². The Morgan fingerprint density at radius 1 is 1.05 bits per heavy atom. The molecule has 0 fully saturated rings. The molecule has 0 bridgehead atoms. The summed E-state index contributed by atoms with van der Waals surface area (Å²) in [7, 11) is 0. The second-order valence-corrected chi connectivity index (χ2v) is 9.87. The van der Waals surface area contributed by atoms with Crippen LogP contribution in [0.25, 0.3) is 0 Å². The SMILES string of the molecule is CC(C)(C)OC(=O)NC(C(=O)NCC(=O)N1c2ccccc2C[C@H]1C(=O)NCc1nn[nH]n1)c1ccccc1. The van der Waals surface area contributed by atoms with E-state index in [0.29, 0.717) is 23.5 Å². The summed E-state index contributed by atoms with van der Waals surface area (Å²) in [5, 5.41) is 21.3. The standard InChI is InChI=1S/C26H30N8O5/c1-26(2,3)39-25(38)29-22(16-9-5-4-6-10-16)24(37)28-15-21(35)34-18-12-8-7-11-17(18)13-19(34)23(36)27-14-20-30-32-33-31-20/h4-12,19,22H,13-15H2,1-3H3,(H,27,36)(H,28,37)(H,29,38)(H,30,31,32,33)/t19-,22?/m0/s1. The third-order valence-electron chi connectivity index (χ3n) is 5.83. The maximum Gasteiger partial charge on any atom is 0.408 e. The number of ether oxygens (including phenoxy) is 1. The van der Waals surface area contributed by atoms with Crippen molar-refractivity contribution in [3.05, 3.63) is 71.5 Å². The van der Waals surface area contributed by atoms with E-state index in [9.17, 15) is 19.2 Å². The minimum absolute atomic E-state index is 0.0377. The Bertz CT molecular complexity index is 1320. The number of anilines is 1. The van der Waals surface area contributed by atoms with Crippen molar-refractivity contribution in [1.29, 1.82) is 0 Å². The molecule has 1 aliphatic rings. The van der Waals surface area contributed by atoms with Gasteiger partial charge in [-0.05, 0) is 38.0 Å². The molecule has 39 heavy (non-hydrogen) atoms. The van der Waals surface area contributed by atoms with Gasteiger partial charge in [0.15, 0.2) is 5.82 Å². The van der Waals surface area contributed by atoms with Crippen molar-refractivity contribution >= 4 is 29.5 Å². The van der Waals surface area contributed by atoms with Crippen LogP contribution in [0.5, 0.6) is 0 Å². The summed E-state index contributed by atoms with van der Waals surface area (Å²) in [5.41, 5.74) is 1.16. The largest absolute Gasteiger partial charge is 0.444 e. The molecular formula is C26H30N8O5. The van der Waals surface area contributed by atoms with E-state index in [-0.39, 0.29) is 6.54 Å². The van der Waals surface area contributed by atoms with Gasteiger partial charge >= 0.3 is 6.09 Å². The fourth-order valence-corrected chi connectivity index (χ4v) is 4.17. The van der Waals surface area contributed by atoms with Crippen molar-refractivity contribution in [1.82, 2.24) is 36.6 Å². The minimum atomic E-state index is -1.10. The molecule has 0 saturated heterocycles. The van der Waals surface area contributed by atoms with Crippen molar-refractivity contribution in [2.45, 2.75) is 51.4 Å². The molecule has 1 aliphatic heterocycles. The average Bonchev–Trinajstić information content (AvgIpc) is 3.56. The lowest BCUT2D eigenvalue weighted by molar-refractivity contribution is -0.128. The highest BCUT2D eigenvalue weighted by Crippen LogP contribution is 2.32. The van der Waals surface area contributed by atoms with Gasteiger partial charge < -0.3 is 20.7 Å². The van der Waals surface area contributed by atoms with E-state index in [1.807, 2.05) is 12.1 Å². The van der Waals surface area contributed by atoms with Gasteiger partial charge in [0.25, 0.3) is 0 Å². The zero-order valence-corrected chi connectivity index (χ0v) is 21.8. The summed E-state index contributed by atoms with van der Waals surface area (Å²) in [6.07, 6.45) is -0.467. The molecule has 13 nitrogen and oxygen atoms in total. The third-order valence-corrected chi connectivity index (χ3v) is 5.83. The highest BCUT2D eigenvalue weighted by molar-refractivity contribution is 6.05. The minimum Gasteiger partial charge on any atom is -0.444 e. The monoisotopic (exact) mass is 534 g/mol. The number of para-hydroxylation sites is 1. The van der Waals surface area contributed by atoms with Gasteiger partial charge in [0.2, 0.25) is 17.7 Å². The lowest BCUT2D eigenvalue weighted by Gasteiger charge is -2.26. The number of nitrogens with one attached hydrogen (secondary N) is 4. The van der Waals surface area contributed by atoms with Gasteiger partial charge in [-0.3, -0.25) is 19.3 Å². The highest BCUT2D eigenvalue weighted by Gasteiger charge is 2.38. The van der Waals surface area contributed by atoms with E-state index in [0.717, 1.165) is 5.56 Å². The number of hydrogen-bond acceptors (Lipinski definition) is 8. The topological polar surface area (TPSA) is 171 Å². The first-order valence-electron chi connectivity index (χ1n) is 12.3. The Morgan fingerprint density at radius 3 is 2.46 bits per heavy atom. The molecular weight excluding hydrogens is 504 g/mol. The Labute approximate surface area is 224 Å². The Morgan fingerprint density at radius 2 is 1.77 bits per heavy atom. The number of benzene rings is 2. The van der Waals surface area contributed by atoms with Crippen LogP contribution in [-0.2, 0) is 32.1 Å². The molecule has 1 unspecified atom stereocenters. The number of fused-ring (bicyclic) bond motifs is 1. The number of nitrogens with zero attached hydrogens (tertiary/aromatic N) is 4. The smallest absolute Gasteiger partial charge is 0.408 e. The quantitative estimate of drug-likeness (QED) is 0.333. The van der Waals surface area contributed by atoms with Gasteiger partial charge in [0.05, 0.1) is 13.1 Å². The van der Waals surface area contributed by atoms with Crippen LogP contribution in [0.3, 0.4) is 0 Å². The van der Waals surface area contributed by atoms with E-state index < -0.39 is 48.0 Å². The molecule has 4 amide bonds. The number of carbonyl (C=O) groups is 4. The number of carbonyl (C=O) groups excluding carboxylic acids is 4. The molecule has 1 aromatic heterocycles. The summed E-state index contributed by atoms with van der Waals surface area (Å²) in [5.74, 6) is -1.19. The van der Waals surface area contributed by atoms with Crippen LogP contribution in [0.1, 0.15) is 43.8 Å². The average molecular weight is 535 g/mol. The van der Waals surface area contributed by atoms with Crippen LogP contribution in [0.2, 0.25) is 0 Å². The Hall–Kier alpha value is -4.81. The first-order valence-corrected chi connectivity index (χ1v) is 12.3. The summed E-state index contributed by atoms with van der Waals surface area (Å²) in [6, 6.07) is 13.9. The number of aromatic amines is 1. The van der Waals surface area contributed by atoms with Crippen molar-refractivity contribution in [2.75, 3.05) is 11.4 Å². The van der Waals surface area contributed by atoms with Crippen molar-refractivity contribution in [3.8, 4) is 0 Å². The highest BCUT2D eigenvalue weighted by atomic mass is 16.6. The predicted octanol–water partition coefficient (Wildman–Crippen LogP) is 1.16. The number of amides is 4. The molecule has 0 aliphatic carbocycles. The number of aromatic nitrogens is 4. The molecule has 0 saturated carbocycles. The summed E-state index contributed by atoms with van der Waals surface area (Å²) < 4.78 is 5.31. The van der Waals surface area contributed by atoms with Crippen molar-refractivity contribution < 1.29 is 23.9 Å². The van der Waals surface area contributed by atoms with Crippen LogP contribution in [-0.4, -0.2) is 62.6 Å². The predicted molar refractivity (Wildman–Crippen MR) is 139 cm³/mol. The fourth-order valence-electron chi connectivity index (χ4n) is 4.17. The van der Waals surface area contributed by atoms with Crippen LogP contribution in [0.4, 0.5) is 10.5 Å². The second kappa shape index (κ2) is 11.7. The molecule has 0 radical (unpaired) electrons. The summed E-state index contributed by atoms with van der Waals surface area (Å²) in [4.78, 5) is 53.5. The van der Waals surface area contributed by atoms with Gasteiger partial charge in [-0.2, -0.15) is 5.21 Å². The molecule has 204 valence electrons. The first kappa shape index (κ1) is 27.2. The lowest BCUT2D eigenvalue weighted by atomic mass is 10.1. The molecule has 2 aromatic carbocycles. The van der Waals surface area contributed by atoms with Gasteiger partial charge in [-0.25, -0.2) is 4.79 Å². The molecule has 2 heterocycles. The lowest BCUT2D eigenvalue weighted by Crippen LogP contribution is -2.51. The van der Waals surface area contributed by atoms with Gasteiger partial charge in [-0.15, -0.1) is 10.2 Å².